The number of carbonyl (C=O) groups is 2. The second-order valence-corrected chi connectivity index (χ2v) is 6.79. The summed E-state index contributed by atoms with van der Waals surface area (Å²) < 4.78 is 0. The van der Waals surface area contributed by atoms with Gasteiger partial charge in [-0.05, 0) is 49.3 Å². The van der Waals surface area contributed by atoms with E-state index in [2.05, 4.69) is 17.1 Å². The largest absolute Gasteiger partial charge is 0.372 e. The molecule has 2 amide bonds. The van der Waals surface area contributed by atoms with Crippen LogP contribution in [0.25, 0.3) is 0 Å². The van der Waals surface area contributed by atoms with Crippen molar-refractivity contribution in [1.82, 2.24) is 5.32 Å². The van der Waals surface area contributed by atoms with Gasteiger partial charge in [-0.25, -0.2) is 0 Å². The Bertz CT molecular complexity index is 526. The number of halogens is 1. The molecule has 2 aliphatic rings. The molecule has 0 bridgehead atoms. The lowest BCUT2D eigenvalue weighted by atomic mass is 9.83. The highest BCUT2D eigenvalue weighted by Gasteiger charge is 2.32. The van der Waals surface area contributed by atoms with Crippen LogP contribution in [0.2, 0.25) is 5.02 Å². The number of hydrogen-bond donors (Lipinski definition) is 2. The number of benzene rings is 1. The molecule has 0 saturated heterocycles. The molecule has 3 rings (SSSR count). The molecule has 0 aliphatic heterocycles. The van der Waals surface area contributed by atoms with E-state index in [1.165, 1.54) is 32.1 Å². The van der Waals surface area contributed by atoms with Crippen LogP contribution in [0.1, 0.15) is 56.6 Å². The van der Waals surface area contributed by atoms with Gasteiger partial charge in [-0.3, -0.25) is 9.59 Å². The molecule has 126 valence electrons. The summed E-state index contributed by atoms with van der Waals surface area (Å²) in [5.41, 5.74) is 5.33. The number of nitrogens with two attached hydrogens (primary N) is 1. The molecule has 2 saturated carbocycles. The predicted molar refractivity (Wildman–Crippen MR) is 91.9 cm³/mol. The Morgan fingerprint density at radius 2 is 1.87 bits per heavy atom. The minimum absolute atomic E-state index is 0.143. The molecule has 0 aromatic heterocycles. The lowest BCUT2D eigenvalue weighted by Crippen LogP contribution is -2.39. The highest BCUT2D eigenvalue weighted by atomic mass is 35.5. The summed E-state index contributed by atoms with van der Waals surface area (Å²) in [5.74, 6) is 1.06. The second kappa shape index (κ2) is 8.92. The van der Waals surface area contributed by atoms with Gasteiger partial charge in [0.05, 0.1) is 6.04 Å². The van der Waals surface area contributed by atoms with E-state index >= 15 is 0 Å². The van der Waals surface area contributed by atoms with Gasteiger partial charge in [-0.2, -0.15) is 0 Å². The maximum Gasteiger partial charge on any atom is 0.223 e. The molecule has 1 aromatic rings. The van der Waals surface area contributed by atoms with Crippen molar-refractivity contribution >= 4 is 23.9 Å². The minimum Gasteiger partial charge on any atom is -0.372 e. The van der Waals surface area contributed by atoms with E-state index in [4.69, 9.17) is 16.4 Å². The van der Waals surface area contributed by atoms with Crippen LogP contribution in [-0.2, 0) is 9.59 Å². The Labute approximate surface area is 142 Å². The zero-order valence-electron chi connectivity index (χ0n) is 13.3. The maximum atomic E-state index is 12.3. The highest BCUT2D eigenvalue weighted by Crippen LogP contribution is 2.37. The molecule has 4 nitrogen and oxygen atoms in total. The van der Waals surface area contributed by atoms with E-state index in [1.54, 1.807) is 0 Å². The third kappa shape index (κ3) is 4.96. The van der Waals surface area contributed by atoms with Crippen molar-refractivity contribution in [3.63, 3.8) is 0 Å². The van der Waals surface area contributed by atoms with Crippen molar-refractivity contribution in [2.24, 2.45) is 17.6 Å². The number of rotatable bonds is 4. The first kappa shape index (κ1) is 17.8. The number of nitrogens with one attached hydrogen (secondary N) is 1. The van der Waals surface area contributed by atoms with E-state index in [1.807, 2.05) is 18.2 Å². The number of amides is 2. The van der Waals surface area contributed by atoms with Crippen molar-refractivity contribution in [2.45, 2.75) is 51.0 Å². The lowest BCUT2D eigenvalue weighted by molar-refractivity contribution is -0.128. The zero-order valence-corrected chi connectivity index (χ0v) is 14.1. The molecule has 23 heavy (non-hydrogen) atoms. The van der Waals surface area contributed by atoms with Crippen LogP contribution in [0.15, 0.2) is 24.3 Å². The topological polar surface area (TPSA) is 72.2 Å². The normalized spacial score (nSPS) is 19.2. The van der Waals surface area contributed by atoms with Gasteiger partial charge in [0.1, 0.15) is 0 Å². The third-order valence-corrected chi connectivity index (χ3v) is 5.09. The Balaban J connectivity index is 0.000000595. The molecule has 0 spiro atoms. The first-order valence-corrected chi connectivity index (χ1v) is 8.74. The van der Waals surface area contributed by atoms with E-state index in [-0.39, 0.29) is 24.3 Å². The standard InChI is InChI=1S/C17H22ClNO.CH3NO/c18-15-10-4-9-14(11-15)16(12-5-1-2-6-12)19-17(20)13-7-3-8-13;2-1-3/h4,9-13,16H,1-3,5-8H2,(H,19,20);1H,(H2,2,3). The van der Waals surface area contributed by atoms with E-state index in [0.29, 0.717) is 5.92 Å². The average molecular weight is 337 g/mol. The van der Waals surface area contributed by atoms with Crippen LogP contribution in [0.4, 0.5) is 0 Å². The Hall–Kier alpha value is -1.55. The van der Waals surface area contributed by atoms with Gasteiger partial charge in [0.15, 0.2) is 0 Å². The van der Waals surface area contributed by atoms with Crippen LogP contribution in [-0.4, -0.2) is 12.3 Å². The molecule has 1 atom stereocenters. The molecular formula is C18H25ClN2O2. The van der Waals surface area contributed by atoms with E-state index in [0.717, 1.165) is 23.4 Å². The Morgan fingerprint density at radius 1 is 1.22 bits per heavy atom. The van der Waals surface area contributed by atoms with Gasteiger partial charge in [0, 0.05) is 10.9 Å². The highest BCUT2D eigenvalue weighted by molar-refractivity contribution is 6.30. The van der Waals surface area contributed by atoms with E-state index in [9.17, 15) is 4.79 Å². The third-order valence-electron chi connectivity index (χ3n) is 4.85. The smallest absolute Gasteiger partial charge is 0.223 e. The molecule has 1 unspecified atom stereocenters. The molecule has 5 heteroatoms. The number of hydrogen-bond acceptors (Lipinski definition) is 2. The van der Waals surface area contributed by atoms with Crippen molar-refractivity contribution in [1.29, 1.82) is 0 Å². The maximum absolute atomic E-state index is 12.3. The van der Waals surface area contributed by atoms with Crippen molar-refractivity contribution in [3.05, 3.63) is 34.9 Å². The quantitative estimate of drug-likeness (QED) is 0.825. The fourth-order valence-electron chi connectivity index (χ4n) is 3.41. The van der Waals surface area contributed by atoms with Gasteiger partial charge in [-0.15, -0.1) is 0 Å². The summed E-state index contributed by atoms with van der Waals surface area (Å²) in [6.07, 6.45) is 8.53. The molecule has 3 N–H and O–H groups in total. The molecule has 2 aliphatic carbocycles. The summed E-state index contributed by atoms with van der Waals surface area (Å²) in [6, 6.07) is 8.12. The van der Waals surface area contributed by atoms with Crippen LogP contribution in [0.5, 0.6) is 0 Å². The molecule has 0 radical (unpaired) electrons. The summed E-state index contributed by atoms with van der Waals surface area (Å²) >= 11 is 6.12. The zero-order chi connectivity index (χ0) is 16.7. The monoisotopic (exact) mass is 336 g/mol. The van der Waals surface area contributed by atoms with Crippen molar-refractivity contribution in [3.8, 4) is 0 Å². The average Bonchev–Trinajstić information content (AvgIpc) is 2.97. The Morgan fingerprint density at radius 3 is 2.39 bits per heavy atom. The molecule has 0 heterocycles. The van der Waals surface area contributed by atoms with Crippen LogP contribution >= 0.6 is 11.6 Å². The van der Waals surface area contributed by atoms with E-state index < -0.39 is 0 Å². The number of carbonyl (C=O) groups excluding carboxylic acids is 2. The van der Waals surface area contributed by atoms with Crippen molar-refractivity contribution < 1.29 is 9.59 Å². The lowest BCUT2D eigenvalue weighted by Gasteiger charge is -2.30. The van der Waals surface area contributed by atoms with Crippen molar-refractivity contribution in [2.75, 3.05) is 0 Å². The molecule has 1 aromatic carbocycles. The minimum atomic E-state index is 0.143. The second-order valence-electron chi connectivity index (χ2n) is 6.35. The van der Waals surface area contributed by atoms with Crippen LogP contribution in [0, 0.1) is 11.8 Å². The predicted octanol–water partition coefficient (Wildman–Crippen LogP) is 3.59. The van der Waals surface area contributed by atoms with Gasteiger partial charge < -0.3 is 11.1 Å². The van der Waals surface area contributed by atoms with Crippen LogP contribution in [0.3, 0.4) is 0 Å². The molecular weight excluding hydrogens is 312 g/mol. The fraction of sp³-hybridized carbons (Fsp3) is 0.556. The van der Waals surface area contributed by atoms with Gasteiger partial charge >= 0.3 is 0 Å². The Kier molecular flexibility index (Phi) is 6.90. The summed E-state index contributed by atoms with van der Waals surface area (Å²) in [4.78, 5) is 20.9. The summed E-state index contributed by atoms with van der Waals surface area (Å²) in [7, 11) is 0. The fourth-order valence-corrected chi connectivity index (χ4v) is 3.60. The van der Waals surface area contributed by atoms with Crippen LogP contribution < -0.4 is 11.1 Å². The first-order chi connectivity index (χ1) is 11.2. The summed E-state index contributed by atoms with van der Waals surface area (Å²) in [5, 5.41) is 4.06. The van der Waals surface area contributed by atoms with Gasteiger partial charge in [0.2, 0.25) is 12.3 Å². The van der Waals surface area contributed by atoms with Gasteiger partial charge in [0.25, 0.3) is 0 Å². The summed E-state index contributed by atoms with van der Waals surface area (Å²) in [6.45, 7) is 0. The van der Waals surface area contributed by atoms with Gasteiger partial charge in [-0.1, -0.05) is 43.0 Å². The SMILES string of the molecule is NC=O.O=C(NC(c1cccc(Cl)c1)C1CCCC1)C1CCC1. The molecule has 2 fully saturated rings. The first-order valence-electron chi connectivity index (χ1n) is 8.37. The number of primary amides is 1.